The van der Waals surface area contributed by atoms with Gasteiger partial charge in [-0.15, -0.1) is 0 Å². The van der Waals surface area contributed by atoms with Crippen molar-refractivity contribution in [3.8, 4) is 0 Å². The molecule has 0 amide bonds. The highest BCUT2D eigenvalue weighted by Crippen LogP contribution is 2.17. The summed E-state index contributed by atoms with van der Waals surface area (Å²) in [6.45, 7) is 4.82. The molecule has 0 saturated carbocycles. The second-order valence-corrected chi connectivity index (χ2v) is 5.81. The zero-order valence-corrected chi connectivity index (χ0v) is 14.3. The van der Waals surface area contributed by atoms with Crippen LogP contribution in [0.2, 0.25) is 0 Å². The molecule has 1 N–H and O–H groups in total. The van der Waals surface area contributed by atoms with Gasteiger partial charge in [0.1, 0.15) is 6.04 Å². The van der Waals surface area contributed by atoms with Crippen LogP contribution in [0.4, 0.5) is 0 Å². The molecule has 0 aliphatic carbocycles. The Morgan fingerprint density at radius 1 is 1.00 bits per heavy atom. The van der Waals surface area contributed by atoms with E-state index in [1.807, 2.05) is 65.6 Å². The monoisotopic (exact) mass is 327 g/mol. The molecule has 0 radical (unpaired) electrons. The van der Waals surface area contributed by atoms with Gasteiger partial charge in [0.25, 0.3) is 0 Å². The highest BCUT2D eigenvalue weighted by Gasteiger charge is 2.31. The number of benzene rings is 2. The van der Waals surface area contributed by atoms with Crippen LogP contribution in [0, 0.1) is 0 Å². The van der Waals surface area contributed by atoms with Crippen molar-refractivity contribution in [2.24, 2.45) is 0 Å². The van der Waals surface area contributed by atoms with Crippen LogP contribution < -0.4 is 0 Å². The molecule has 4 heteroatoms. The molecule has 2 atom stereocenters. The first-order valence-corrected chi connectivity index (χ1v) is 8.28. The molecule has 0 saturated heterocycles. The first kappa shape index (κ1) is 18.2. The summed E-state index contributed by atoms with van der Waals surface area (Å²) in [6, 6.07) is 19.2. The van der Waals surface area contributed by atoms with Crippen LogP contribution >= 0.6 is 0 Å². The fourth-order valence-electron chi connectivity index (χ4n) is 2.77. The largest absolute Gasteiger partial charge is 0.465 e. The van der Waals surface area contributed by atoms with Crippen molar-refractivity contribution in [2.45, 2.75) is 39.1 Å². The number of aliphatic hydroxyl groups is 1. The van der Waals surface area contributed by atoms with Gasteiger partial charge >= 0.3 is 5.97 Å². The molecule has 2 aromatic carbocycles. The van der Waals surface area contributed by atoms with Crippen molar-refractivity contribution in [3.63, 3.8) is 0 Å². The van der Waals surface area contributed by atoms with E-state index < -0.39 is 12.1 Å². The lowest BCUT2D eigenvalue weighted by Gasteiger charge is -2.32. The van der Waals surface area contributed by atoms with E-state index in [1.54, 1.807) is 13.8 Å². The number of carbonyl (C=O) groups excluding carboxylic acids is 1. The van der Waals surface area contributed by atoms with Crippen molar-refractivity contribution in [1.82, 2.24) is 4.90 Å². The number of carbonyl (C=O) groups is 1. The summed E-state index contributed by atoms with van der Waals surface area (Å²) in [6.07, 6.45) is -0.823. The Labute approximate surface area is 143 Å². The first-order valence-electron chi connectivity index (χ1n) is 8.28. The van der Waals surface area contributed by atoms with E-state index in [0.717, 1.165) is 11.1 Å². The highest BCUT2D eigenvalue weighted by atomic mass is 16.5. The van der Waals surface area contributed by atoms with Gasteiger partial charge in [-0.2, -0.15) is 0 Å². The fourth-order valence-corrected chi connectivity index (χ4v) is 2.77. The summed E-state index contributed by atoms with van der Waals surface area (Å²) in [4.78, 5) is 14.3. The number of nitrogens with zero attached hydrogens (tertiary/aromatic N) is 1. The second-order valence-electron chi connectivity index (χ2n) is 5.81. The van der Waals surface area contributed by atoms with Gasteiger partial charge in [-0.1, -0.05) is 60.7 Å². The fraction of sp³-hybridized carbons (Fsp3) is 0.350. The molecule has 2 rings (SSSR count). The zero-order valence-electron chi connectivity index (χ0n) is 14.3. The molecule has 0 aliphatic heterocycles. The molecule has 0 spiro atoms. The normalized spacial score (nSPS) is 13.5. The van der Waals surface area contributed by atoms with Gasteiger partial charge in [-0.05, 0) is 25.0 Å². The van der Waals surface area contributed by atoms with Crippen LogP contribution in [0.3, 0.4) is 0 Å². The smallest absolute Gasteiger partial charge is 0.326 e. The van der Waals surface area contributed by atoms with Crippen LogP contribution in [0.25, 0.3) is 0 Å². The number of esters is 1. The Hall–Kier alpha value is -2.17. The number of aliphatic hydroxyl groups excluding tert-OH is 1. The Bertz CT molecular complexity index is 572. The molecule has 0 fully saturated rings. The van der Waals surface area contributed by atoms with E-state index in [0.29, 0.717) is 19.7 Å². The summed E-state index contributed by atoms with van der Waals surface area (Å²) in [5.74, 6) is -0.389. The molecule has 0 heterocycles. The zero-order chi connectivity index (χ0) is 17.4. The molecule has 0 bridgehead atoms. The molecular weight excluding hydrogens is 302 g/mol. The van der Waals surface area contributed by atoms with E-state index in [9.17, 15) is 9.90 Å². The van der Waals surface area contributed by atoms with Gasteiger partial charge in [0.15, 0.2) is 0 Å². The standard InChI is InChI=1S/C20H25NO3/c1-3-24-20(23)19(16(2)22)21(14-17-10-6-4-7-11-17)15-18-12-8-5-9-13-18/h4-13,16,19,22H,3,14-15H2,1-2H3/t16-,19+/m0/s1. The lowest BCUT2D eigenvalue weighted by atomic mass is 10.1. The number of hydrogen-bond donors (Lipinski definition) is 1. The minimum atomic E-state index is -0.823. The van der Waals surface area contributed by atoms with Crippen molar-refractivity contribution in [3.05, 3.63) is 71.8 Å². The Morgan fingerprint density at radius 2 is 1.46 bits per heavy atom. The van der Waals surface area contributed by atoms with Crippen LogP contribution in [0.1, 0.15) is 25.0 Å². The van der Waals surface area contributed by atoms with Gasteiger partial charge < -0.3 is 9.84 Å². The predicted molar refractivity (Wildman–Crippen MR) is 94.2 cm³/mol. The summed E-state index contributed by atoms with van der Waals surface area (Å²) in [5, 5.41) is 10.2. The molecule has 0 aromatic heterocycles. The molecule has 0 unspecified atom stereocenters. The topological polar surface area (TPSA) is 49.8 Å². The maximum Gasteiger partial charge on any atom is 0.326 e. The third-order valence-corrected chi connectivity index (χ3v) is 3.84. The maximum atomic E-state index is 12.4. The molecular formula is C20H25NO3. The third-order valence-electron chi connectivity index (χ3n) is 3.84. The van der Waals surface area contributed by atoms with Crippen LogP contribution in [-0.2, 0) is 22.6 Å². The first-order chi connectivity index (χ1) is 11.6. The molecule has 0 aliphatic rings. The van der Waals surface area contributed by atoms with Crippen LogP contribution in [0.5, 0.6) is 0 Å². The highest BCUT2D eigenvalue weighted by molar-refractivity contribution is 5.76. The minimum Gasteiger partial charge on any atom is -0.465 e. The molecule has 128 valence electrons. The van der Waals surface area contributed by atoms with Crippen molar-refractivity contribution < 1.29 is 14.6 Å². The van der Waals surface area contributed by atoms with Gasteiger partial charge in [0, 0.05) is 13.1 Å². The average molecular weight is 327 g/mol. The summed E-state index contributed by atoms with van der Waals surface area (Å²) >= 11 is 0. The summed E-state index contributed by atoms with van der Waals surface area (Å²) in [5.41, 5.74) is 2.17. The summed E-state index contributed by atoms with van der Waals surface area (Å²) in [7, 11) is 0. The molecule has 2 aromatic rings. The number of rotatable bonds is 8. The lowest BCUT2D eigenvalue weighted by molar-refractivity contribution is -0.154. The van der Waals surface area contributed by atoms with Crippen molar-refractivity contribution in [1.29, 1.82) is 0 Å². The van der Waals surface area contributed by atoms with Crippen LogP contribution in [-0.4, -0.2) is 34.7 Å². The Morgan fingerprint density at radius 3 is 1.83 bits per heavy atom. The van der Waals surface area contributed by atoms with E-state index in [2.05, 4.69) is 0 Å². The van der Waals surface area contributed by atoms with Crippen molar-refractivity contribution >= 4 is 5.97 Å². The lowest BCUT2D eigenvalue weighted by Crippen LogP contribution is -2.48. The number of hydrogen-bond acceptors (Lipinski definition) is 4. The SMILES string of the molecule is CCOC(=O)[C@@H]([C@H](C)O)N(Cc1ccccc1)Cc1ccccc1. The minimum absolute atomic E-state index is 0.298. The predicted octanol–water partition coefficient (Wildman–Crippen LogP) is 3.00. The quantitative estimate of drug-likeness (QED) is 0.757. The van der Waals surface area contributed by atoms with E-state index in [4.69, 9.17) is 4.74 Å². The van der Waals surface area contributed by atoms with Crippen molar-refractivity contribution in [2.75, 3.05) is 6.61 Å². The Kier molecular flexibility index (Phi) is 6.97. The van der Waals surface area contributed by atoms with E-state index in [-0.39, 0.29) is 5.97 Å². The van der Waals surface area contributed by atoms with Crippen LogP contribution in [0.15, 0.2) is 60.7 Å². The molecule has 24 heavy (non-hydrogen) atoms. The van der Waals surface area contributed by atoms with Gasteiger partial charge in [0.2, 0.25) is 0 Å². The third kappa shape index (κ3) is 5.18. The van der Waals surface area contributed by atoms with E-state index >= 15 is 0 Å². The van der Waals surface area contributed by atoms with Gasteiger partial charge in [0.05, 0.1) is 12.7 Å². The Balaban J connectivity index is 2.27. The second kappa shape index (κ2) is 9.21. The average Bonchev–Trinajstić information content (AvgIpc) is 2.56. The number of ether oxygens (including phenoxy) is 1. The summed E-state index contributed by atoms with van der Waals surface area (Å²) < 4.78 is 5.18. The van der Waals surface area contributed by atoms with Gasteiger partial charge in [-0.25, -0.2) is 0 Å². The molecule has 4 nitrogen and oxygen atoms in total. The maximum absolute atomic E-state index is 12.4. The van der Waals surface area contributed by atoms with Gasteiger partial charge in [-0.3, -0.25) is 9.69 Å². The van der Waals surface area contributed by atoms with E-state index in [1.165, 1.54) is 0 Å².